The fourth-order valence-electron chi connectivity index (χ4n) is 1.79. The predicted octanol–water partition coefficient (Wildman–Crippen LogP) is 2.10. The second kappa shape index (κ2) is 6.78. The zero-order valence-corrected chi connectivity index (χ0v) is 11.7. The Balaban J connectivity index is 2.01. The maximum atomic E-state index is 9.59. The number of hydrogen-bond acceptors (Lipinski definition) is 4. The van der Waals surface area contributed by atoms with Crippen LogP contribution in [0.1, 0.15) is 31.7 Å². The molecule has 1 unspecified atom stereocenters. The Kier molecular flexibility index (Phi) is 5.05. The van der Waals surface area contributed by atoms with Crippen molar-refractivity contribution < 1.29 is 14.6 Å². The molecule has 0 amide bonds. The summed E-state index contributed by atoms with van der Waals surface area (Å²) in [7, 11) is 1.64. The van der Waals surface area contributed by atoms with E-state index < -0.39 is 6.10 Å². The van der Waals surface area contributed by atoms with Crippen molar-refractivity contribution in [2.45, 2.75) is 44.9 Å². The number of aliphatic hydroxyl groups excluding tert-OH is 1. The van der Waals surface area contributed by atoms with Crippen molar-refractivity contribution in [3.8, 4) is 11.5 Å². The molecule has 0 radical (unpaired) electrons. The predicted molar refractivity (Wildman–Crippen MR) is 74.6 cm³/mol. The van der Waals surface area contributed by atoms with E-state index in [-0.39, 0.29) is 0 Å². The summed E-state index contributed by atoms with van der Waals surface area (Å²) in [5.74, 6) is 1.57. The van der Waals surface area contributed by atoms with Gasteiger partial charge in [0.25, 0.3) is 0 Å². The SMILES string of the molecule is CCC(O)COc1cc(OC)ccc1CNC1CC1. The molecule has 4 nitrogen and oxygen atoms in total. The highest BCUT2D eigenvalue weighted by molar-refractivity contribution is 5.40. The number of hydrogen-bond donors (Lipinski definition) is 2. The molecule has 1 aromatic carbocycles. The minimum atomic E-state index is -0.421. The number of ether oxygens (including phenoxy) is 2. The molecule has 2 rings (SSSR count). The molecule has 0 aliphatic heterocycles. The van der Waals surface area contributed by atoms with Crippen LogP contribution in [0.4, 0.5) is 0 Å². The molecule has 0 saturated heterocycles. The van der Waals surface area contributed by atoms with Crippen LogP contribution in [-0.4, -0.2) is 31.0 Å². The Labute approximate surface area is 114 Å². The van der Waals surface area contributed by atoms with E-state index in [1.807, 2.05) is 25.1 Å². The van der Waals surface area contributed by atoms with Crippen LogP contribution in [0.25, 0.3) is 0 Å². The van der Waals surface area contributed by atoms with Gasteiger partial charge in [-0.25, -0.2) is 0 Å². The molecule has 0 spiro atoms. The molecule has 2 N–H and O–H groups in total. The van der Waals surface area contributed by atoms with Crippen LogP contribution in [-0.2, 0) is 6.54 Å². The zero-order chi connectivity index (χ0) is 13.7. The van der Waals surface area contributed by atoms with Crippen LogP contribution < -0.4 is 14.8 Å². The minimum Gasteiger partial charge on any atom is -0.497 e. The van der Waals surface area contributed by atoms with E-state index in [1.165, 1.54) is 12.8 Å². The summed E-state index contributed by atoms with van der Waals surface area (Å²) in [4.78, 5) is 0. The lowest BCUT2D eigenvalue weighted by Gasteiger charge is -2.15. The highest BCUT2D eigenvalue weighted by atomic mass is 16.5. The van der Waals surface area contributed by atoms with Gasteiger partial charge in [0, 0.05) is 24.2 Å². The molecule has 0 bridgehead atoms. The van der Waals surface area contributed by atoms with Crippen molar-refractivity contribution in [3.05, 3.63) is 23.8 Å². The lowest BCUT2D eigenvalue weighted by Crippen LogP contribution is -2.19. The van der Waals surface area contributed by atoms with Gasteiger partial charge in [-0.2, -0.15) is 0 Å². The van der Waals surface area contributed by atoms with Gasteiger partial charge in [-0.1, -0.05) is 13.0 Å². The lowest BCUT2D eigenvalue weighted by molar-refractivity contribution is 0.103. The Hall–Kier alpha value is -1.26. The van der Waals surface area contributed by atoms with Gasteiger partial charge >= 0.3 is 0 Å². The van der Waals surface area contributed by atoms with Gasteiger partial charge in [0.05, 0.1) is 13.2 Å². The van der Waals surface area contributed by atoms with E-state index in [2.05, 4.69) is 5.32 Å². The maximum absolute atomic E-state index is 9.59. The summed E-state index contributed by atoms with van der Waals surface area (Å²) >= 11 is 0. The molecule has 1 aliphatic carbocycles. The van der Waals surface area contributed by atoms with Crippen molar-refractivity contribution in [2.24, 2.45) is 0 Å². The number of aliphatic hydroxyl groups is 1. The van der Waals surface area contributed by atoms with Crippen molar-refractivity contribution in [1.82, 2.24) is 5.32 Å². The third-order valence-corrected chi connectivity index (χ3v) is 3.34. The number of methoxy groups -OCH3 is 1. The monoisotopic (exact) mass is 265 g/mol. The van der Waals surface area contributed by atoms with E-state index in [0.717, 1.165) is 23.6 Å². The van der Waals surface area contributed by atoms with Crippen molar-refractivity contribution in [3.63, 3.8) is 0 Å². The van der Waals surface area contributed by atoms with Gasteiger partial charge in [0.15, 0.2) is 0 Å². The van der Waals surface area contributed by atoms with Gasteiger partial charge in [-0.3, -0.25) is 0 Å². The summed E-state index contributed by atoms with van der Waals surface area (Å²) in [6, 6.07) is 6.50. The highest BCUT2D eigenvalue weighted by Gasteiger charge is 2.20. The molecule has 19 heavy (non-hydrogen) atoms. The molecule has 106 valence electrons. The first kappa shape index (κ1) is 14.2. The van der Waals surface area contributed by atoms with Gasteiger partial charge in [-0.15, -0.1) is 0 Å². The summed E-state index contributed by atoms with van der Waals surface area (Å²) in [6.45, 7) is 3.06. The van der Waals surface area contributed by atoms with E-state index >= 15 is 0 Å². The first-order valence-corrected chi connectivity index (χ1v) is 6.94. The summed E-state index contributed by atoms with van der Waals surface area (Å²) in [5, 5.41) is 13.1. The average Bonchev–Trinajstić information content (AvgIpc) is 3.26. The summed E-state index contributed by atoms with van der Waals surface area (Å²) < 4.78 is 10.9. The Morgan fingerprint density at radius 2 is 2.21 bits per heavy atom. The standard InChI is InChI=1S/C15H23NO3/c1-3-13(17)10-19-15-8-14(18-2)7-4-11(15)9-16-12-5-6-12/h4,7-8,12-13,16-17H,3,5-6,9-10H2,1-2H3. The van der Waals surface area contributed by atoms with Crippen LogP contribution in [0.3, 0.4) is 0 Å². The molecule has 1 aliphatic rings. The van der Waals surface area contributed by atoms with Crippen LogP contribution in [0.2, 0.25) is 0 Å². The number of nitrogens with one attached hydrogen (secondary N) is 1. The van der Waals surface area contributed by atoms with Gasteiger partial charge in [0.2, 0.25) is 0 Å². The van der Waals surface area contributed by atoms with E-state index in [9.17, 15) is 5.11 Å². The molecule has 1 saturated carbocycles. The Bertz CT molecular complexity index is 404. The molecular weight excluding hydrogens is 242 g/mol. The van der Waals surface area contributed by atoms with Crippen molar-refractivity contribution in [2.75, 3.05) is 13.7 Å². The third kappa shape index (κ3) is 4.40. The van der Waals surface area contributed by atoms with E-state index in [0.29, 0.717) is 19.1 Å². The fraction of sp³-hybridized carbons (Fsp3) is 0.600. The second-order valence-electron chi connectivity index (χ2n) is 5.00. The summed E-state index contributed by atoms with van der Waals surface area (Å²) in [5.41, 5.74) is 1.11. The van der Waals surface area contributed by atoms with Crippen LogP contribution in [0.15, 0.2) is 18.2 Å². The minimum absolute atomic E-state index is 0.320. The van der Waals surface area contributed by atoms with E-state index in [4.69, 9.17) is 9.47 Å². The maximum Gasteiger partial charge on any atom is 0.127 e. The number of benzene rings is 1. The first-order valence-electron chi connectivity index (χ1n) is 6.94. The molecular formula is C15H23NO3. The lowest BCUT2D eigenvalue weighted by atomic mass is 10.2. The Morgan fingerprint density at radius 1 is 1.42 bits per heavy atom. The normalized spacial score (nSPS) is 16.2. The quantitative estimate of drug-likeness (QED) is 0.756. The molecule has 1 aromatic rings. The second-order valence-corrected chi connectivity index (χ2v) is 5.00. The Morgan fingerprint density at radius 3 is 2.84 bits per heavy atom. The molecule has 0 aromatic heterocycles. The van der Waals surface area contributed by atoms with Gasteiger partial charge in [0.1, 0.15) is 18.1 Å². The smallest absolute Gasteiger partial charge is 0.127 e. The van der Waals surface area contributed by atoms with Crippen molar-refractivity contribution in [1.29, 1.82) is 0 Å². The third-order valence-electron chi connectivity index (χ3n) is 3.34. The largest absolute Gasteiger partial charge is 0.497 e. The molecule has 1 fully saturated rings. The fourth-order valence-corrected chi connectivity index (χ4v) is 1.79. The van der Waals surface area contributed by atoms with Crippen LogP contribution >= 0.6 is 0 Å². The first-order chi connectivity index (χ1) is 9.22. The van der Waals surface area contributed by atoms with Crippen LogP contribution in [0.5, 0.6) is 11.5 Å². The molecule has 1 atom stereocenters. The topological polar surface area (TPSA) is 50.7 Å². The molecule has 4 heteroatoms. The van der Waals surface area contributed by atoms with Crippen molar-refractivity contribution >= 4 is 0 Å². The number of rotatable bonds is 8. The van der Waals surface area contributed by atoms with Gasteiger partial charge < -0.3 is 19.9 Å². The zero-order valence-electron chi connectivity index (χ0n) is 11.7. The molecule has 0 heterocycles. The highest BCUT2D eigenvalue weighted by Crippen LogP contribution is 2.26. The van der Waals surface area contributed by atoms with E-state index in [1.54, 1.807) is 7.11 Å². The van der Waals surface area contributed by atoms with Crippen LogP contribution in [0, 0.1) is 0 Å². The summed E-state index contributed by atoms with van der Waals surface area (Å²) in [6.07, 6.45) is 2.80. The van der Waals surface area contributed by atoms with Gasteiger partial charge in [-0.05, 0) is 25.3 Å². The average molecular weight is 265 g/mol.